The van der Waals surface area contributed by atoms with Crippen LogP contribution in [0.5, 0.6) is 0 Å². The van der Waals surface area contributed by atoms with E-state index in [1.807, 2.05) is 4.90 Å². The number of carbonyl (C=O) groups is 1. The molecular formula is C11H17N5O. The molecule has 6 nitrogen and oxygen atoms in total. The highest BCUT2D eigenvalue weighted by molar-refractivity contribution is 5.80. The highest BCUT2D eigenvalue weighted by Crippen LogP contribution is 2.08. The Morgan fingerprint density at radius 2 is 2.24 bits per heavy atom. The van der Waals surface area contributed by atoms with Crippen LogP contribution in [0.25, 0.3) is 0 Å². The number of anilines is 2. The minimum atomic E-state index is 0.132. The molecule has 6 heteroatoms. The van der Waals surface area contributed by atoms with E-state index in [0.717, 1.165) is 25.9 Å². The molecule has 0 unspecified atom stereocenters. The molecule has 1 aromatic rings. The molecule has 1 fully saturated rings. The van der Waals surface area contributed by atoms with Gasteiger partial charge in [-0.05, 0) is 18.9 Å². The van der Waals surface area contributed by atoms with Gasteiger partial charge in [0.1, 0.15) is 5.82 Å². The largest absolute Gasteiger partial charge is 0.361 e. The summed E-state index contributed by atoms with van der Waals surface area (Å²) in [6.45, 7) is 2.05. The van der Waals surface area contributed by atoms with E-state index in [1.165, 1.54) is 0 Å². The second kappa shape index (κ2) is 5.47. The van der Waals surface area contributed by atoms with Crippen molar-refractivity contribution in [2.75, 3.05) is 37.3 Å². The molecule has 0 aliphatic carbocycles. The predicted octanol–water partition coefficient (Wildman–Crippen LogP) is 0.553. The first-order chi connectivity index (χ1) is 8.29. The zero-order valence-corrected chi connectivity index (χ0v) is 9.94. The molecule has 0 bridgehead atoms. The Hall–Kier alpha value is -1.85. The molecule has 17 heavy (non-hydrogen) atoms. The van der Waals surface area contributed by atoms with E-state index in [1.54, 1.807) is 19.3 Å². The van der Waals surface area contributed by atoms with Gasteiger partial charge in [-0.3, -0.25) is 4.79 Å². The van der Waals surface area contributed by atoms with Crippen molar-refractivity contribution in [1.29, 1.82) is 0 Å². The Balaban J connectivity index is 1.86. The summed E-state index contributed by atoms with van der Waals surface area (Å²) in [5.41, 5.74) is 0. The lowest BCUT2D eigenvalue weighted by Gasteiger charge is -2.15. The van der Waals surface area contributed by atoms with Gasteiger partial charge < -0.3 is 15.5 Å². The van der Waals surface area contributed by atoms with Gasteiger partial charge in [-0.2, -0.15) is 4.98 Å². The summed E-state index contributed by atoms with van der Waals surface area (Å²) in [6, 6.07) is 1.75. The molecule has 2 heterocycles. The fourth-order valence-corrected chi connectivity index (χ4v) is 1.82. The number of amides is 1. The van der Waals surface area contributed by atoms with Crippen LogP contribution in [0.15, 0.2) is 12.3 Å². The van der Waals surface area contributed by atoms with E-state index < -0.39 is 0 Å². The van der Waals surface area contributed by atoms with E-state index in [9.17, 15) is 4.79 Å². The molecule has 0 spiro atoms. The normalized spacial score (nSPS) is 14.8. The quantitative estimate of drug-likeness (QED) is 0.797. The van der Waals surface area contributed by atoms with Gasteiger partial charge in [-0.15, -0.1) is 0 Å². The van der Waals surface area contributed by atoms with Gasteiger partial charge in [-0.25, -0.2) is 4.98 Å². The topological polar surface area (TPSA) is 70.2 Å². The first-order valence-electron chi connectivity index (χ1n) is 5.82. The van der Waals surface area contributed by atoms with Crippen LogP contribution in [-0.2, 0) is 4.79 Å². The van der Waals surface area contributed by atoms with Crippen LogP contribution in [-0.4, -0.2) is 47.5 Å². The molecule has 1 aliphatic heterocycles. The molecule has 0 saturated carbocycles. The standard InChI is InChI=1S/C11H17N5O/c1-12-11-13-5-4-9(15-11)14-8-10(17)16-6-2-3-7-16/h4-5H,2-3,6-8H2,1H3,(H2,12,13,14,15). The Labute approximate surface area is 100 Å². The number of nitrogens with zero attached hydrogens (tertiary/aromatic N) is 3. The molecule has 1 aliphatic rings. The van der Waals surface area contributed by atoms with Crippen LogP contribution in [0.2, 0.25) is 0 Å². The highest BCUT2D eigenvalue weighted by atomic mass is 16.2. The first-order valence-corrected chi connectivity index (χ1v) is 5.82. The molecule has 2 N–H and O–H groups in total. The minimum absolute atomic E-state index is 0.132. The van der Waals surface area contributed by atoms with Crippen molar-refractivity contribution in [2.45, 2.75) is 12.8 Å². The van der Waals surface area contributed by atoms with Gasteiger partial charge in [-0.1, -0.05) is 0 Å². The Bertz CT molecular complexity index is 389. The smallest absolute Gasteiger partial charge is 0.241 e. The van der Waals surface area contributed by atoms with Crippen molar-refractivity contribution < 1.29 is 4.79 Å². The zero-order valence-electron chi connectivity index (χ0n) is 9.94. The molecule has 0 radical (unpaired) electrons. The molecule has 0 atom stereocenters. The molecule has 1 amide bonds. The average Bonchev–Trinajstić information content (AvgIpc) is 2.90. The Kier molecular flexibility index (Phi) is 3.74. The maximum absolute atomic E-state index is 11.8. The van der Waals surface area contributed by atoms with Gasteiger partial charge in [0.2, 0.25) is 11.9 Å². The maximum atomic E-state index is 11.8. The van der Waals surface area contributed by atoms with Crippen LogP contribution >= 0.6 is 0 Å². The summed E-state index contributed by atoms with van der Waals surface area (Å²) in [4.78, 5) is 21.9. The number of hydrogen-bond acceptors (Lipinski definition) is 5. The summed E-state index contributed by atoms with van der Waals surface area (Å²) in [5.74, 6) is 1.34. The summed E-state index contributed by atoms with van der Waals surface area (Å²) >= 11 is 0. The predicted molar refractivity (Wildman–Crippen MR) is 65.9 cm³/mol. The van der Waals surface area contributed by atoms with E-state index in [2.05, 4.69) is 20.6 Å². The Morgan fingerprint density at radius 3 is 2.94 bits per heavy atom. The van der Waals surface area contributed by atoms with Crippen molar-refractivity contribution in [1.82, 2.24) is 14.9 Å². The third kappa shape index (κ3) is 3.05. The fraction of sp³-hybridized carbons (Fsp3) is 0.545. The van der Waals surface area contributed by atoms with Gasteiger partial charge in [0, 0.05) is 26.3 Å². The van der Waals surface area contributed by atoms with Crippen molar-refractivity contribution in [3.05, 3.63) is 12.3 Å². The molecular weight excluding hydrogens is 218 g/mol. The monoisotopic (exact) mass is 235 g/mol. The molecule has 0 aromatic carbocycles. The summed E-state index contributed by atoms with van der Waals surface area (Å²) in [5, 5.41) is 5.87. The molecule has 1 saturated heterocycles. The second-order valence-electron chi connectivity index (χ2n) is 3.96. The fourth-order valence-electron chi connectivity index (χ4n) is 1.82. The molecule has 92 valence electrons. The van der Waals surface area contributed by atoms with Gasteiger partial charge in [0.15, 0.2) is 0 Å². The van der Waals surface area contributed by atoms with E-state index in [-0.39, 0.29) is 5.91 Å². The summed E-state index contributed by atoms with van der Waals surface area (Å²) in [7, 11) is 1.76. The van der Waals surface area contributed by atoms with Gasteiger partial charge >= 0.3 is 0 Å². The lowest BCUT2D eigenvalue weighted by molar-refractivity contribution is -0.128. The second-order valence-corrected chi connectivity index (χ2v) is 3.96. The SMILES string of the molecule is CNc1nccc(NCC(=O)N2CCCC2)n1. The number of rotatable bonds is 4. The highest BCUT2D eigenvalue weighted by Gasteiger charge is 2.17. The third-order valence-corrected chi connectivity index (χ3v) is 2.76. The number of hydrogen-bond donors (Lipinski definition) is 2. The third-order valence-electron chi connectivity index (χ3n) is 2.76. The van der Waals surface area contributed by atoms with Crippen molar-refractivity contribution in [3.63, 3.8) is 0 Å². The number of carbonyl (C=O) groups excluding carboxylic acids is 1. The summed E-state index contributed by atoms with van der Waals surface area (Å²) < 4.78 is 0. The minimum Gasteiger partial charge on any atom is -0.361 e. The van der Waals surface area contributed by atoms with E-state index in [4.69, 9.17) is 0 Å². The van der Waals surface area contributed by atoms with Crippen LogP contribution in [0, 0.1) is 0 Å². The first kappa shape index (κ1) is 11.6. The van der Waals surface area contributed by atoms with Crippen LogP contribution in [0.3, 0.4) is 0 Å². The van der Waals surface area contributed by atoms with Crippen LogP contribution in [0.1, 0.15) is 12.8 Å². The van der Waals surface area contributed by atoms with Crippen molar-refractivity contribution >= 4 is 17.7 Å². The lowest BCUT2D eigenvalue weighted by Crippen LogP contribution is -2.33. The number of likely N-dealkylation sites (tertiary alicyclic amines) is 1. The average molecular weight is 235 g/mol. The van der Waals surface area contributed by atoms with Crippen LogP contribution < -0.4 is 10.6 Å². The van der Waals surface area contributed by atoms with E-state index >= 15 is 0 Å². The molecule has 2 rings (SSSR count). The number of aromatic nitrogens is 2. The van der Waals surface area contributed by atoms with E-state index in [0.29, 0.717) is 18.3 Å². The number of nitrogens with one attached hydrogen (secondary N) is 2. The van der Waals surface area contributed by atoms with Gasteiger partial charge in [0.05, 0.1) is 6.54 Å². The molecule has 1 aromatic heterocycles. The lowest BCUT2D eigenvalue weighted by atomic mass is 10.4. The van der Waals surface area contributed by atoms with Crippen molar-refractivity contribution in [3.8, 4) is 0 Å². The van der Waals surface area contributed by atoms with Gasteiger partial charge in [0.25, 0.3) is 0 Å². The Morgan fingerprint density at radius 1 is 1.47 bits per heavy atom. The van der Waals surface area contributed by atoms with Crippen LogP contribution in [0.4, 0.5) is 11.8 Å². The van der Waals surface area contributed by atoms with Crippen molar-refractivity contribution in [2.24, 2.45) is 0 Å². The maximum Gasteiger partial charge on any atom is 0.241 e. The summed E-state index contributed by atoms with van der Waals surface area (Å²) in [6.07, 6.45) is 3.88. The zero-order chi connectivity index (χ0) is 12.1.